The molecule has 0 saturated carbocycles. The zero-order valence-electron chi connectivity index (χ0n) is 9.02. The molecule has 0 bridgehead atoms. The maximum Gasteiger partial charge on any atom is 0.226 e. The molecule has 17 heavy (non-hydrogen) atoms. The number of nitrogens with zero attached hydrogens (tertiary/aromatic N) is 1. The first-order valence-electron chi connectivity index (χ1n) is 5.15. The van der Waals surface area contributed by atoms with Gasteiger partial charge in [0.1, 0.15) is 6.26 Å². The van der Waals surface area contributed by atoms with Gasteiger partial charge in [-0.25, -0.2) is 0 Å². The number of benzene rings is 1. The quantitative estimate of drug-likeness (QED) is 0.905. The van der Waals surface area contributed by atoms with Crippen molar-refractivity contribution in [3.63, 3.8) is 0 Å². The molecule has 5 heteroatoms. The standard InChI is InChI=1S/C12H11ClN2O2/c13-11-4-2-1-3-9(11)8-14-12(16)7-10-5-6-17-15-10/h1-6H,7-8H2,(H,14,16). The van der Waals surface area contributed by atoms with Crippen LogP contribution in [0.5, 0.6) is 0 Å². The molecule has 2 rings (SSSR count). The summed E-state index contributed by atoms with van der Waals surface area (Å²) in [4.78, 5) is 11.6. The van der Waals surface area contributed by atoms with Crippen molar-refractivity contribution in [3.05, 3.63) is 52.9 Å². The second kappa shape index (κ2) is 5.50. The summed E-state index contributed by atoms with van der Waals surface area (Å²) in [5.41, 5.74) is 1.50. The number of rotatable bonds is 4. The van der Waals surface area contributed by atoms with E-state index in [0.717, 1.165) is 5.56 Å². The highest BCUT2D eigenvalue weighted by atomic mass is 35.5. The minimum atomic E-state index is -0.112. The Balaban J connectivity index is 1.86. The summed E-state index contributed by atoms with van der Waals surface area (Å²) in [6.07, 6.45) is 1.65. The molecule has 0 aliphatic carbocycles. The molecular weight excluding hydrogens is 240 g/mol. The fourth-order valence-corrected chi connectivity index (χ4v) is 1.59. The van der Waals surface area contributed by atoms with E-state index in [1.165, 1.54) is 6.26 Å². The largest absolute Gasteiger partial charge is 0.364 e. The van der Waals surface area contributed by atoms with Gasteiger partial charge in [0, 0.05) is 17.6 Å². The number of hydrogen-bond donors (Lipinski definition) is 1. The molecule has 1 N–H and O–H groups in total. The van der Waals surface area contributed by atoms with Crippen molar-refractivity contribution < 1.29 is 9.32 Å². The van der Waals surface area contributed by atoms with Crippen molar-refractivity contribution in [2.45, 2.75) is 13.0 Å². The topological polar surface area (TPSA) is 55.1 Å². The average Bonchev–Trinajstić information content (AvgIpc) is 2.81. The molecule has 0 aliphatic rings. The molecule has 0 radical (unpaired) electrons. The molecule has 4 nitrogen and oxygen atoms in total. The predicted octanol–water partition coefficient (Wildman–Crippen LogP) is 2.19. The lowest BCUT2D eigenvalue weighted by Crippen LogP contribution is -2.24. The predicted molar refractivity (Wildman–Crippen MR) is 63.5 cm³/mol. The van der Waals surface area contributed by atoms with Crippen molar-refractivity contribution >= 4 is 17.5 Å². The zero-order chi connectivity index (χ0) is 12.1. The molecule has 0 saturated heterocycles. The number of nitrogens with one attached hydrogen (secondary N) is 1. The van der Waals surface area contributed by atoms with Gasteiger partial charge in [-0.15, -0.1) is 0 Å². The SMILES string of the molecule is O=C(Cc1ccon1)NCc1ccccc1Cl. The molecule has 0 unspecified atom stereocenters. The smallest absolute Gasteiger partial charge is 0.226 e. The second-order valence-electron chi connectivity index (χ2n) is 3.54. The number of carbonyl (C=O) groups is 1. The summed E-state index contributed by atoms with van der Waals surface area (Å²) >= 11 is 5.97. The number of halogens is 1. The highest BCUT2D eigenvalue weighted by Gasteiger charge is 2.06. The highest BCUT2D eigenvalue weighted by molar-refractivity contribution is 6.31. The first kappa shape index (κ1) is 11.7. The third kappa shape index (κ3) is 3.32. The second-order valence-corrected chi connectivity index (χ2v) is 3.94. The van der Waals surface area contributed by atoms with Gasteiger partial charge in [0.15, 0.2) is 0 Å². The Bertz CT molecular complexity index is 497. The van der Waals surface area contributed by atoms with Crippen molar-refractivity contribution in [2.75, 3.05) is 0 Å². The first-order valence-corrected chi connectivity index (χ1v) is 5.53. The van der Waals surface area contributed by atoms with E-state index >= 15 is 0 Å². The van der Waals surface area contributed by atoms with E-state index in [0.29, 0.717) is 17.3 Å². The van der Waals surface area contributed by atoms with Crippen molar-refractivity contribution in [2.24, 2.45) is 0 Å². The monoisotopic (exact) mass is 250 g/mol. The first-order chi connectivity index (χ1) is 8.25. The molecule has 88 valence electrons. The van der Waals surface area contributed by atoms with E-state index < -0.39 is 0 Å². The normalized spacial score (nSPS) is 10.2. The van der Waals surface area contributed by atoms with E-state index in [2.05, 4.69) is 15.0 Å². The minimum Gasteiger partial charge on any atom is -0.364 e. The molecule has 2 aromatic rings. The van der Waals surface area contributed by atoms with Crippen LogP contribution in [0, 0.1) is 0 Å². The van der Waals surface area contributed by atoms with E-state index in [9.17, 15) is 4.79 Å². The van der Waals surface area contributed by atoms with E-state index in [1.54, 1.807) is 12.1 Å². The van der Waals surface area contributed by atoms with Crippen LogP contribution in [0.15, 0.2) is 41.1 Å². The lowest BCUT2D eigenvalue weighted by atomic mass is 10.2. The Morgan fingerprint density at radius 3 is 2.88 bits per heavy atom. The van der Waals surface area contributed by atoms with Gasteiger partial charge in [-0.2, -0.15) is 0 Å². The Kier molecular flexibility index (Phi) is 3.77. The van der Waals surface area contributed by atoms with Gasteiger partial charge in [0.2, 0.25) is 5.91 Å². The average molecular weight is 251 g/mol. The molecule has 1 amide bonds. The molecule has 0 fully saturated rings. The fourth-order valence-electron chi connectivity index (χ4n) is 1.39. The van der Waals surface area contributed by atoms with Gasteiger partial charge >= 0.3 is 0 Å². The Morgan fingerprint density at radius 2 is 2.18 bits per heavy atom. The van der Waals surface area contributed by atoms with Crippen LogP contribution in [0.1, 0.15) is 11.3 Å². The molecule has 0 aliphatic heterocycles. The van der Waals surface area contributed by atoms with E-state index in [-0.39, 0.29) is 12.3 Å². The zero-order valence-corrected chi connectivity index (χ0v) is 9.78. The Hall–Kier alpha value is -1.81. The Labute approximate surface area is 104 Å². The van der Waals surface area contributed by atoms with E-state index in [1.807, 2.05) is 18.2 Å². The van der Waals surface area contributed by atoms with Crippen LogP contribution in [0.3, 0.4) is 0 Å². The maximum absolute atomic E-state index is 11.6. The van der Waals surface area contributed by atoms with Gasteiger partial charge in [-0.05, 0) is 11.6 Å². The molecule has 1 heterocycles. The molecule has 1 aromatic heterocycles. The number of aromatic nitrogens is 1. The maximum atomic E-state index is 11.6. The summed E-state index contributed by atoms with van der Waals surface area (Å²) in [6, 6.07) is 9.06. The number of carbonyl (C=O) groups excluding carboxylic acids is 1. The number of hydrogen-bond acceptors (Lipinski definition) is 3. The van der Waals surface area contributed by atoms with Crippen molar-refractivity contribution in [1.29, 1.82) is 0 Å². The summed E-state index contributed by atoms with van der Waals surface area (Å²) in [5, 5.41) is 7.09. The van der Waals surface area contributed by atoms with Gasteiger partial charge in [0.25, 0.3) is 0 Å². The van der Waals surface area contributed by atoms with Gasteiger partial charge in [0.05, 0.1) is 12.1 Å². The third-order valence-corrected chi connectivity index (χ3v) is 2.64. The Morgan fingerprint density at radius 1 is 1.35 bits per heavy atom. The van der Waals surface area contributed by atoms with Crippen LogP contribution in [0.2, 0.25) is 5.02 Å². The van der Waals surface area contributed by atoms with Crippen LogP contribution < -0.4 is 5.32 Å². The molecule has 0 atom stereocenters. The van der Waals surface area contributed by atoms with Crippen LogP contribution in [0.4, 0.5) is 0 Å². The van der Waals surface area contributed by atoms with Crippen LogP contribution in [0.25, 0.3) is 0 Å². The van der Waals surface area contributed by atoms with Crippen molar-refractivity contribution in [3.8, 4) is 0 Å². The fraction of sp³-hybridized carbons (Fsp3) is 0.167. The lowest BCUT2D eigenvalue weighted by molar-refractivity contribution is -0.120. The van der Waals surface area contributed by atoms with E-state index in [4.69, 9.17) is 11.6 Å². The summed E-state index contributed by atoms with van der Waals surface area (Å²) in [5.74, 6) is -0.112. The van der Waals surface area contributed by atoms with Crippen molar-refractivity contribution in [1.82, 2.24) is 10.5 Å². The van der Waals surface area contributed by atoms with Crippen LogP contribution in [-0.4, -0.2) is 11.1 Å². The van der Waals surface area contributed by atoms with Crippen LogP contribution >= 0.6 is 11.6 Å². The van der Waals surface area contributed by atoms with Gasteiger partial charge in [-0.1, -0.05) is 35.0 Å². The minimum absolute atomic E-state index is 0.112. The lowest BCUT2D eigenvalue weighted by Gasteiger charge is -2.05. The molecule has 0 spiro atoms. The van der Waals surface area contributed by atoms with Crippen LogP contribution in [-0.2, 0) is 17.8 Å². The summed E-state index contributed by atoms with van der Waals surface area (Å²) < 4.78 is 4.65. The summed E-state index contributed by atoms with van der Waals surface area (Å²) in [6.45, 7) is 0.413. The van der Waals surface area contributed by atoms with Gasteiger partial charge < -0.3 is 9.84 Å². The number of amides is 1. The molecule has 1 aromatic carbocycles. The highest BCUT2D eigenvalue weighted by Crippen LogP contribution is 2.14. The third-order valence-electron chi connectivity index (χ3n) is 2.27. The van der Waals surface area contributed by atoms with Gasteiger partial charge in [-0.3, -0.25) is 4.79 Å². The molecular formula is C12H11ClN2O2. The summed E-state index contributed by atoms with van der Waals surface area (Å²) in [7, 11) is 0.